The Balaban J connectivity index is 1.89. The van der Waals surface area contributed by atoms with Crippen LogP contribution in [-0.4, -0.2) is 34.0 Å². The Labute approximate surface area is 119 Å². The van der Waals surface area contributed by atoms with E-state index in [4.69, 9.17) is 20.2 Å². The highest BCUT2D eigenvalue weighted by molar-refractivity contribution is 8.13. The maximum Gasteiger partial charge on any atom is 0.232 e. The zero-order valence-corrected chi connectivity index (χ0v) is 12.3. The van der Waals surface area contributed by atoms with Crippen LogP contribution in [-0.2, 0) is 13.8 Å². The van der Waals surface area contributed by atoms with Gasteiger partial charge in [0, 0.05) is 17.3 Å². The summed E-state index contributed by atoms with van der Waals surface area (Å²) in [5, 5.41) is 0. The number of hydrogen-bond acceptors (Lipinski definition) is 4. The van der Waals surface area contributed by atoms with Gasteiger partial charge in [-0.25, -0.2) is 8.42 Å². The van der Waals surface area contributed by atoms with Crippen molar-refractivity contribution in [1.29, 1.82) is 0 Å². The van der Waals surface area contributed by atoms with Crippen LogP contribution in [0, 0.1) is 0 Å². The summed E-state index contributed by atoms with van der Waals surface area (Å²) in [7, 11) is 1.75. The minimum atomic E-state index is -3.34. The Hall–Kier alpha value is -0.780. The van der Waals surface area contributed by atoms with Gasteiger partial charge in [0.2, 0.25) is 9.05 Å². The van der Waals surface area contributed by atoms with Crippen LogP contribution in [0.15, 0.2) is 30.3 Å². The third kappa shape index (κ3) is 9.76. The summed E-state index contributed by atoms with van der Waals surface area (Å²) in [4.78, 5) is 0. The fraction of sp³-hybridized carbons (Fsp3) is 0.538. The number of ether oxygens (including phenoxy) is 2. The first kappa shape index (κ1) is 16.3. The van der Waals surface area contributed by atoms with Crippen molar-refractivity contribution in [3.05, 3.63) is 30.3 Å². The summed E-state index contributed by atoms with van der Waals surface area (Å²) in [6.07, 6.45) is 2.21. The van der Waals surface area contributed by atoms with Crippen LogP contribution in [0.4, 0.5) is 0 Å². The summed E-state index contributed by atoms with van der Waals surface area (Å²) in [6, 6.07) is 9.56. The lowest BCUT2D eigenvalue weighted by Crippen LogP contribution is -2.07. The molecule has 1 aromatic carbocycles. The van der Waals surface area contributed by atoms with Crippen LogP contribution < -0.4 is 4.74 Å². The Morgan fingerprint density at radius 1 is 0.947 bits per heavy atom. The van der Waals surface area contributed by atoms with Crippen molar-refractivity contribution in [2.45, 2.75) is 19.3 Å². The lowest BCUT2D eigenvalue weighted by molar-refractivity contribution is 0.0974. The summed E-state index contributed by atoms with van der Waals surface area (Å²) >= 11 is 0. The highest BCUT2D eigenvalue weighted by atomic mass is 35.7. The molecule has 108 valence electrons. The standard InChI is InChI=1S/C13H19ClO4S/c14-19(15,16)12-6-2-5-9-17-10-11-18-13-7-3-1-4-8-13/h1,3-4,7-8H,2,5-6,9-12H2. The summed E-state index contributed by atoms with van der Waals surface area (Å²) in [5.41, 5.74) is 0. The molecular formula is C13H19ClO4S. The molecule has 0 aliphatic carbocycles. The molecule has 0 spiro atoms. The largest absolute Gasteiger partial charge is 0.491 e. The second-order valence-electron chi connectivity index (χ2n) is 4.08. The highest BCUT2D eigenvalue weighted by Crippen LogP contribution is 2.08. The van der Waals surface area contributed by atoms with E-state index in [1.54, 1.807) is 0 Å². The molecule has 0 radical (unpaired) electrons. The Morgan fingerprint density at radius 2 is 1.68 bits per heavy atom. The Kier molecular flexibility index (Phi) is 7.86. The zero-order valence-electron chi connectivity index (χ0n) is 10.8. The van der Waals surface area contributed by atoms with Gasteiger partial charge in [-0.05, 0) is 25.0 Å². The molecule has 19 heavy (non-hydrogen) atoms. The fourth-order valence-corrected chi connectivity index (χ4v) is 2.37. The van der Waals surface area contributed by atoms with Crippen LogP contribution in [0.25, 0.3) is 0 Å². The van der Waals surface area contributed by atoms with Gasteiger partial charge in [-0.1, -0.05) is 24.6 Å². The van der Waals surface area contributed by atoms with Crippen molar-refractivity contribution in [3.8, 4) is 5.75 Å². The van der Waals surface area contributed by atoms with Gasteiger partial charge in [-0.3, -0.25) is 0 Å². The first-order valence-corrected chi connectivity index (χ1v) is 8.74. The third-order valence-corrected chi connectivity index (χ3v) is 3.66. The highest BCUT2D eigenvalue weighted by Gasteiger charge is 2.03. The van der Waals surface area contributed by atoms with Crippen molar-refractivity contribution < 1.29 is 17.9 Å². The number of unbranched alkanes of at least 4 members (excludes halogenated alkanes) is 2. The van der Waals surface area contributed by atoms with E-state index in [-0.39, 0.29) is 5.75 Å². The van der Waals surface area contributed by atoms with Gasteiger partial charge < -0.3 is 9.47 Å². The first-order chi connectivity index (χ1) is 9.08. The molecule has 0 bridgehead atoms. The molecule has 0 heterocycles. The maximum atomic E-state index is 10.7. The predicted molar refractivity (Wildman–Crippen MR) is 76.2 cm³/mol. The Bertz CT molecular complexity index is 433. The first-order valence-electron chi connectivity index (χ1n) is 6.26. The van der Waals surface area contributed by atoms with Gasteiger partial charge in [0.1, 0.15) is 12.4 Å². The predicted octanol–water partition coefficient (Wildman–Crippen LogP) is 2.82. The number of rotatable bonds is 10. The van der Waals surface area contributed by atoms with Crippen LogP contribution in [0.2, 0.25) is 0 Å². The van der Waals surface area contributed by atoms with Gasteiger partial charge in [0.25, 0.3) is 0 Å². The molecule has 1 rings (SSSR count). The average molecular weight is 307 g/mol. The van der Waals surface area contributed by atoms with E-state index in [1.165, 1.54) is 0 Å². The normalized spacial score (nSPS) is 11.4. The monoisotopic (exact) mass is 306 g/mol. The molecule has 0 atom stereocenters. The number of benzene rings is 1. The minimum Gasteiger partial charge on any atom is -0.491 e. The van der Waals surface area contributed by atoms with Gasteiger partial charge in [0.15, 0.2) is 0 Å². The van der Waals surface area contributed by atoms with E-state index >= 15 is 0 Å². The second-order valence-corrected chi connectivity index (χ2v) is 6.97. The molecule has 0 unspecified atom stereocenters. The van der Waals surface area contributed by atoms with E-state index in [1.807, 2.05) is 30.3 Å². The average Bonchev–Trinajstić information content (AvgIpc) is 2.37. The molecule has 0 saturated heterocycles. The SMILES string of the molecule is O=S(=O)(Cl)CCCCCOCCOc1ccccc1. The van der Waals surface area contributed by atoms with Gasteiger partial charge >= 0.3 is 0 Å². The lowest BCUT2D eigenvalue weighted by atomic mass is 10.3. The van der Waals surface area contributed by atoms with Crippen molar-refractivity contribution >= 4 is 19.7 Å². The van der Waals surface area contributed by atoms with Crippen molar-refractivity contribution in [2.75, 3.05) is 25.6 Å². The quantitative estimate of drug-likeness (QED) is 0.493. The van der Waals surface area contributed by atoms with Crippen LogP contribution in [0.3, 0.4) is 0 Å². The van der Waals surface area contributed by atoms with E-state index in [9.17, 15) is 8.42 Å². The van der Waals surface area contributed by atoms with Crippen LogP contribution in [0.1, 0.15) is 19.3 Å². The zero-order chi connectivity index (χ0) is 14.0. The Morgan fingerprint density at radius 3 is 2.37 bits per heavy atom. The minimum absolute atomic E-state index is 0.0334. The van der Waals surface area contributed by atoms with Crippen LogP contribution >= 0.6 is 10.7 Å². The van der Waals surface area contributed by atoms with Gasteiger partial charge in [-0.2, -0.15) is 0 Å². The molecule has 6 heteroatoms. The molecular weight excluding hydrogens is 288 g/mol. The molecule has 0 N–H and O–H groups in total. The lowest BCUT2D eigenvalue weighted by Gasteiger charge is -2.06. The summed E-state index contributed by atoms with van der Waals surface area (Å²) in [6.45, 7) is 1.66. The van der Waals surface area contributed by atoms with Crippen molar-refractivity contribution in [1.82, 2.24) is 0 Å². The molecule has 0 aromatic heterocycles. The van der Waals surface area contributed by atoms with Crippen LogP contribution in [0.5, 0.6) is 5.75 Å². The number of halogens is 1. The van der Waals surface area contributed by atoms with E-state index in [2.05, 4.69) is 0 Å². The molecule has 0 saturated carbocycles. The molecule has 0 fully saturated rings. The molecule has 1 aromatic rings. The van der Waals surface area contributed by atoms with Gasteiger partial charge in [0.05, 0.1) is 12.4 Å². The van der Waals surface area contributed by atoms with Crippen molar-refractivity contribution in [3.63, 3.8) is 0 Å². The van der Waals surface area contributed by atoms with E-state index < -0.39 is 9.05 Å². The van der Waals surface area contributed by atoms with Crippen molar-refractivity contribution in [2.24, 2.45) is 0 Å². The summed E-state index contributed by atoms with van der Waals surface area (Å²) < 4.78 is 32.2. The van der Waals surface area contributed by atoms with E-state index in [0.29, 0.717) is 26.2 Å². The fourth-order valence-electron chi connectivity index (χ4n) is 1.49. The second kappa shape index (κ2) is 9.18. The number of hydrogen-bond donors (Lipinski definition) is 0. The molecule has 4 nitrogen and oxygen atoms in total. The topological polar surface area (TPSA) is 52.6 Å². The van der Waals surface area contributed by atoms with E-state index in [0.717, 1.165) is 18.6 Å². The van der Waals surface area contributed by atoms with Gasteiger partial charge in [-0.15, -0.1) is 0 Å². The molecule has 0 aliphatic heterocycles. The third-order valence-electron chi connectivity index (χ3n) is 2.42. The summed E-state index contributed by atoms with van der Waals surface area (Å²) in [5.74, 6) is 0.865. The molecule has 0 amide bonds. The number of para-hydroxylation sites is 1. The smallest absolute Gasteiger partial charge is 0.232 e. The molecule has 0 aliphatic rings. The maximum absolute atomic E-state index is 10.7.